The molecule has 0 aliphatic carbocycles. The fourth-order valence-electron chi connectivity index (χ4n) is 3.76. The third-order valence-electron chi connectivity index (χ3n) is 5.57. The largest absolute Gasteiger partial charge is 0.372 e. The van der Waals surface area contributed by atoms with Crippen LogP contribution in [0.5, 0.6) is 0 Å². The highest BCUT2D eigenvalue weighted by molar-refractivity contribution is 7.98. The van der Waals surface area contributed by atoms with Crippen LogP contribution in [0.4, 0.5) is 11.4 Å². The van der Waals surface area contributed by atoms with Gasteiger partial charge in [-0.1, -0.05) is 42.5 Å². The number of anilines is 2. The van der Waals surface area contributed by atoms with Crippen LogP contribution in [0.3, 0.4) is 0 Å². The number of hydrogen-bond acceptors (Lipinski definition) is 3. The summed E-state index contributed by atoms with van der Waals surface area (Å²) in [6, 6.07) is 28.0. The Bertz CT molecular complexity index is 966. The Morgan fingerprint density at radius 3 is 2.29 bits per heavy atom. The summed E-state index contributed by atoms with van der Waals surface area (Å²) in [4.78, 5) is 3.74. The molecule has 1 aliphatic rings. The second-order valence-corrected chi connectivity index (χ2v) is 9.36. The number of benzene rings is 3. The van der Waals surface area contributed by atoms with Crippen molar-refractivity contribution in [1.29, 1.82) is 0 Å². The lowest BCUT2D eigenvalue weighted by Gasteiger charge is -2.20. The number of nitrogens with zero attached hydrogens (tertiary/aromatic N) is 1. The van der Waals surface area contributed by atoms with Gasteiger partial charge in [0.15, 0.2) is 5.11 Å². The number of rotatable bonds is 7. The van der Waals surface area contributed by atoms with Gasteiger partial charge in [0.2, 0.25) is 0 Å². The molecule has 0 radical (unpaired) electrons. The number of hydrogen-bond donors (Lipinski definition) is 2. The first-order valence-electron chi connectivity index (χ1n) is 10.9. The minimum atomic E-state index is 0.147. The molecule has 1 unspecified atom stereocenters. The molecule has 1 fully saturated rings. The molecule has 31 heavy (non-hydrogen) atoms. The van der Waals surface area contributed by atoms with Crippen molar-refractivity contribution in [3.63, 3.8) is 0 Å². The first-order chi connectivity index (χ1) is 15.2. The van der Waals surface area contributed by atoms with Crippen molar-refractivity contribution in [2.75, 3.05) is 23.3 Å². The topological polar surface area (TPSA) is 27.3 Å². The van der Waals surface area contributed by atoms with E-state index in [0.717, 1.165) is 11.4 Å². The van der Waals surface area contributed by atoms with Gasteiger partial charge in [-0.15, -0.1) is 11.8 Å². The standard InChI is InChI=1S/C26H29N3S2/c1-20(22-11-15-24(16-12-22)29-17-5-6-18-29)27-26(30)28-23-13-9-21(10-14-23)19-31-25-7-3-2-4-8-25/h2-4,7-16,20H,5-6,17-19H2,1H3,(H2,27,28,30). The van der Waals surface area contributed by atoms with E-state index in [-0.39, 0.29) is 6.04 Å². The molecule has 2 N–H and O–H groups in total. The van der Waals surface area contributed by atoms with Crippen molar-refractivity contribution in [2.45, 2.75) is 36.5 Å². The zero-order valence-electron chi connectivity index (χ0n) is 17.9. The molecule has 1 heterocycles. The molecule has 1 atom stereocenters. The summed E-state index contributed by atoms with van der Waals surface area (Å²) in [5.41, 5.74) is 4.85. The maximum absolute atomic E-state index is 5.54. The maximum atomic E-state index is 5.54. The molecule has 1 saturated heterocycles. The van der Waals surface area contributed by atoms with E-state index in [1.165, 1.54) is 47.6 Å². The third kappa shape index (κ3) is 6.25. The van der Waals surface area contributed by atoms with Gasteiger partial charge in [-0.3, -0.25) is 0 Å². The van der Waals surface area contributed by atoms with E-state index < -0.39 is 0 Å². The van der Waals surface area contributed by atoms with Crippen LogP contribution in [0, 0.1) is 0 Å². The van der Waals surface area contributed by atoms with Gasteiger partial charge >= 0.3 is 0 Å². The summed E-state index contributed by atoms with van der Waals surface area (Å²) >= 11 is 7.39. The molecule has 5 heteroatoms. The van der Waals surface area contributed by atoms with Crippen molar-refractivity contribution in [2.24, 2.45) is 0 Å². The molecule has 0 amide bonds. The Morgan fingerprint density at radius 2 is 1.61 bits per heavy atom. The van der Waals surface area contributed by atoms with Gasteiger partial charge in [0.1, 0.15) is 0 Å². The van der Waals surface area contributed by atoms with E-state index in [4.69, 9.17) is 12.2 Å². The van der Waals surface area contributed by atoms with Crippen LogP contribution in [0.2, 0.25) is 0 Å². The van der Waals surface area contributed by atoms with Crippen molar-refractivity contribution >= 4 is 40.5 Å². The van der Waals surface area contributed by atoms with Crippen LogP contribution in [-0.2, 0) is 5.75 Å². The Balaban J connectivity index is 1.26. The summed E-state index contributed by atoms with van der Waals surface area (Å²) in [7, 11) is 0. The second kappa shape index (κ2) is 10.7. The zero-order valence-corrected chi connectivity index (χ0v) is 19.5. The SMILES string of the molecule is CC(NC(=S)Nc1ccc(CSc2ccccc2)cc1)c1ccc(N2CCCC2)cc1. The Kier molecular flexibility index (Phi) is 7.49. The average molecular weight is 448 g/mol. The Morgan fingerprint density at radius 1 is 0.935 bits per heavy atom. The van der Waals surface area contributed by atoms with Gasteiger partial charge in [-0.2, -0.15) is 0 Å². The van der Waals surface area contributed by atoms with E-state index >= 15 is 0 Å². The fraction of sp³-hybridized carbons (Fsp3) is 0.269. The molecule has 0 bridgehead atoms. The number of thioether (sulfide) groups is 1. The van der Waals surface area contributed by atoms with Crippen LogP contribution >= 0.6 is 24.0 Å². The lowest BCUT2D eigenvalue weighted by Crippen LogP contribution is -2.30. The molecule has 3 nitrogen and oxygen atoms in total. The molecule has 1 aliphatic heterocycles. The highest BCUT2D eigenvalue weighted by Crippen LogP contribution is 2.24. The van der Waals surface area contributed by atoms with E-state index in [1.807, 2.05) is 17.8 Å². The maximum Gasteiger partial charge on any atom is 0.171 e. The average Bonchev–Trinajstić information content (AvgIpc) is 3.34. The van der Waals surface area contributed by atoms with Crippen LogP contribution in [0.1, 0.15) is 36.9 Å². The summed E-state index contributed by atoms with van der Waals surface area (Å²) in [6.45, 7) is 4.48. The van der Waals surface area contributed by atoms with Crippen LogP contribution in [0.15, 0.2) is 83.8 Å². The first kappa shape index (κ1) is 21.7. The molecule has 160 valence electrons. The Labute approximate surface area is 195 Å². The van der Waals surface area contributed by atoms with E-state index in [2.05, 4.69) is 95.3 Å². The first-order valence-corrected chi connectivity index (χ1v) is 12.3. The van der Waals surface area contributed by atoms with E-state index in [9.17, 15) is 0 Å². The van der Waals surface area contributed by atoms with Gasteiger partial charge in [0.25, 0.3) is 0 Å². The lowest BCUT2D eigenvalue weighted by atomic mass is 10.1. The van der Waals surface area contributed by atoms with Crippen molar-refractivity contribution in [1.82, 2.24) is 5.32 Å². The predicted molar refractivity (Wildman–Crippen MR) is 138 cm³/mol. The van der Waals surface area contributed by atoms with Crippen LogP contribution in [-0.4, -0.2) is 18.2 Å². The van der Waals surface area contributed by atoms with Crippen molar-refractivity contribution in [3.8, 4) is 0 Å². The van der Waals surface area contributed by atoms with Gasteiger partial charge in [0.05, 0.1) is 6.04 Å². The zero-order chi connectivity index (χ0) is 21.5. The number of thiocarbonyl (C=S) groups is 1. The molecule has 0 saturated carbocycles. The normalized spacial score (nSPS) is 14.3. The van der Waals surface area contributed by atoms with Gasteiger partial charge in [-0.05, 0) is 79.5 Å². The van der Waals surface area contributed by atoms with Gasteiger partial charge < -0.3 is 15.5 Å². The molecule has 4 rings (SSSR count). The van der Waals surface area contributed by atoms with Crippen LogP contribution in [0.25, 0.3) is 0 Å². The minimum absolute atomic E-state index is 0.147. The van der Waals surface area contributed by atoms with Crippen molar-refractivity contribution in [3.05, 3.63) is 90.0 Å². The Hall–Kier alpha value is -2.50. The third-order valence-corrected chi connectivity index (χ3v) is 6.88. The molecule has 0 aromatic heterocycles. The predicted octanol–water partition coefficient (Wildman–Crippen LogP) is 6.63. The highest BCUT2D eigenvalue weighted by atomic mass is 32.2. The quantitative estimate of drug-likeness (QED) is 0.313. The van der Waals surface area contributed by atoms with E-state index in [0.29, 0.717) is 5.11 Å². The molecule has 3 aromatic carbocycles. The van der Waals surface area contributed by atoms with E-state index in [1.54, 1.807) is 0 Å². The monoisotopic (exact) mass is 447 g/mol. The lowest BCUT2D eigenvalue weighted by molar-refractivity contribution is 0.722. The number of nitrogens with one attached hydrogen (secondary N) is 2. The second-order valence-electron chi connectivity index (χ2n) is 7.90. The summed E-state index contributed by atoms with van der Waals surface area (Å²) in [6.07, 6.45) is 2.60. The summed E-state index contributed by atoms with van der Waals surface area (Å²) in [5, 5.41) is 7.34. The minimum Gasteiger partial charge on any atom is -0.372 e. The summed E-state index contributed by atoms with van der Waals surface area (Å²) < 4.78 is 0. The smallest absolute Gasteiger partial charge is 0.171 e. The van der Waals surface area contributed by atoms with Gasteiger partial charge in [0, 0.05) is 35.1 Å². The van der Waals surface area contributed by atoms with Crippen molar-refractivity contribution < 1.29 is 0 Å². The van der Waals surface area contributed by atoms with Gasteiger partial charge in [-0.25, -0.2) is 0 Å². The molecule has 3 aromatic rings. The fourth-order valence-corrected chi connectivity index (χ4v) is 4.93. The molecular weight excluding hydrogens is 418 g/mol. The van der Waals surface area contributed by atoms with Crippen LogP contribution < -0.4 is 15.5 Å². The highest BCUT2D eigenvalue weighted by Gasteiger charge is 2.13. The summed E-state index contributed by atoms with van der Waals surface area (Å²) in [5.74, 6) is 0.956. The molecule has 0 spiro atoms. The molecular formula is C26H29N3S2.